The predicted octanol–water partition coefficient (Wildman–Crippen LogP) is 5.45. The van der Waals surface area contributed by atoms with E-state index < -0.39 is 45.8 Å². The van der Waals surface area contributed by atoms with Crippen molar-refractivity contribution in [1.29, 1.82) is 0 Å². The largest absolute Gasteiger partial charge is 0.350 e. The minimum atomic E-state index is -4.10. The summed E-state index contributed by atoms with van der Waals surface area (Å²) in [6.07, 6.45) is 1.00. The van der Waals surface area contributed by atoms with Gasteiger partial charge in [0.2, 0.25) is 21.8 Å². The van der Waals surface area contributed by atoms with Crippen LogP contribution in [0.4, 0.5) is 10.1 Å². The maximum atomic E-state index is 14.7. The van der Waals surface area contributed by atoms with Crippen LogP contribution in [-0.2, 0) is 32.6 Å². The summed E-state index contributed by atoms with van der Waals surface area (Å²) in [5.74, 6) is -2.01. The molecule has 0 bridgehead atoms. The van der Waals surface area contributed by atoms with E-state index >= 15 is 0 Å². The van der Waals surface area contributed by atoms with Crippen molar-refractivity contribution in [3.8, 4) is 0 Å². The van der Waals surface area contributed by atoms with E-state index in [9.17, 15) is 22.4 Å². The minimum Gasteiger partial charge on any atom is -0.350 e. The fourth-order valence-corrected chi connectivity index (χ4v) is 5.48. The Labute approximate surface area is 244 Å². The number of rotatable bonds is 10. The molecule has 0 saturated heterocycles. The molecule has 1 atom stereocenters. The molecule has 0 heterocycles. The third-order valence-corrected chi connectivity index (χ3v) is 7.79. The Morgan fingerprint density at radius 1 is 0.925 bits per heavy atom. The highest BCUT2D eigenvalue weighted by atomic mass is 35.5. The SMILES string of the molecule is CC(C)(C)NC(=O)[C@@H](Cc1ccccc1)N(Cc1c(Cl)cccc1Cl)C(=O)CN(c1ccccc1F)S(C)(=O)=O. The van der Waals surface area contributed by atoms with Crippen molar-refractivity contribution >= 4 is 50.7 Å². The molecule has 3 aromatic rings. The highest BCUT2D eigenvalue weighted by molar-refractivity contribution is 7.92. The summed E-state index contributed by atoms with van der Waals surface area (Å²) in [6.45, 7) is 4.48. The molecule has 1 N–H and O–H groups in total. The number of nitrogens with one attached hydrogen (secondary N) is 1. The van der Waals surface area contributed by atoms with Crippen molar-refractivity contribution in [3.63, 3.8) is 0 Å². The van der Waals surface area contributed by atoms with Gasteiger partial charge in [0.1, 0.15) is 18.4 Å². The maximum Gasteiger partial charge on any atom is 0.244 e. The molecule has 7 nitrogen and oxygen atoms in total. The van der Waals surface area contributed by atoms with Gasteiger partial charge in [-0.15, -0.1) is 0 Å². The minimum absolute atomic E-state index is 0.120. The smallest absolute Gasteiger partial charge is 0.244 e. The number of amides is 2. The number of benzene rings is 3. The van der Waals surface area contributed by atoms with Gasteiger partial charge in [-0.1, -0.05) is 71.7 Å². The van der Waals surface area contributed by atoms with Crippen molar-refractivity contribution in [2.24, 2.45) is 0 Å². The molecule has 3 rings (SSSR count). The third kappa shape index (κ3) is 8.43. The molecule has 2 amide bonds. The van der Waals surface area contributed by atoms with Crippen LogP contribution in [0.3, 0.4) is 0 Å². The van der Waals surface area contributed by atoms with Gasteiger partial charge in [-0.25, -0.2) is 12.8 Å². The number of hydrogen-bond acceptors (Lipinski definition) is 4. The fraction of sp³-hybridized carbons (Fsp3) is 0.310. The van der Waals surface area contributed by atoms with Gasteiger partial charge < -0.3 is 10.2 Å². The van der Waals surface area contributed by atoms with E-state index in [1.807, 2.05) is 51.1 Å². The van der Waals surface area contributed by atoms with Gasteiger partial charge >= 0.3 is 0 Å². The molecule has 0 aliphatic heterocycles. The van der Waals surface area contributed by atoms with E-state index in [4.69, 9.17) is 23.2 Å². The summed E-state index contributed by atoms with van der Waals surface area (Å²) in [7, 11) is -4.10. The Kier molecular flexibility index (Phi) is 10.2. The number of carbonyl (C=O) groups is 2. The lowest BCUT2D eigenvalue weighted by molar-refractivity contribution is -0.140. The van der Waals surface area contributed by atoms with Crippen molar-refractivity contribution in [3.05, 3.63) is 99.8 Å². The Morgan fingerprint density at radius 2 is 1.50 bits per heavy atom. The zero-order valence-corrected chi connectivity index (χ0v) is 25.0. The second kappa shape index (κ2) is 13.0. The number of sulfonamides is 1. The molecule has 40 heavy (non-hydrogen) atoms. The van der Waals surface area contributed by atoms with Gasteiger partial charge in [-0.05, 0) is 50.6 Å². The number of hydrogen-bond donors (Lipinski definition) is 1. The van der Waals surface area contributed by atoms with E-state index in [0.29, 0.717) is 9.87 Å². The lowest BCUT2D eigenvalue weighted by atomic mass is 10.0. The van der Waals surface area contributed by atoms with Crippen molar-refractivity contribution in [1.82, 2.24) is 10.2 Å². The number of carbonyl (C=O) groups excluding carboxylic acids is 2. The van der Waals surface area contributed by atoms with Crippen LogP contribution in [0.15, 0.2) is 72.8 Å². The quantitative estimate of drug-likeness (QED) is 0.332. The lowest BCUT2D eigenvalue weighted by Crippen LogP contribution is -2.56. The van der Waals surface area contributed by atoms with Crippen LogP contribution in [0, 0.1) is 5.82 Å². The van der Waals surface area contributed by atoms with Gasteiger partial charge in [0, 0.05) is 34.1 Å². The van der Waals surface area contributed by atoms with Gasteiger partial charge in [-0.2, -0.15) is 0 Å². The lowest BCUT2D eigenvalue weighted by Gasteiger charge is -2.35. The molecule has 0 fully saturated rings. The van der Waals surface area contributed by atoms with E-state index in [-0.39, 0.29) is 28.7 Å². The highest BCUT2D eigenvalue weighted by Gasteiger charge is 2.35. The Morgan fingerprint density at radius 3 is 2.05 bits per heavy atom. The molecule has 0 unspecified atom stereocenters. The number of para-hydroxylation sites is 1. The van der Waals surface area contributed by atoms with E-state index in [1.165, 1.54) is 23.1 Å². The van der Waals surface area contributed by atoms with Crippen molar-refractivity contribution in [2.75, 3.05) is 17.1 Å². The molecule has 214 valence electrons. The topological polar surface area (TPSA) is 86.8 Å². The third-order valence-electron chi connectivity index (χ3n) is 5.96. The zero-order chi connectivity index (χ0) is 29.7. The molecule has 3 aromatic carbocycles. The van der Waals surface area contributed by atoms with Crippen LogP contribution in [-0.4, -0.2) is 49.5 Å². The van der Waals surface area contributed by atoms with Crippen LogP contribution < -0.4 is 9.62 Å². The van der Waals surface area contributed by atoms with Crippen LogP contribution in [0.25, 0.3) is 0 Å². The van der Waals surface area contributed by atoms with E-state index in [0.717, 1.165) is 17.9 Å². The summed E-state index contributed by atoms with van der Waals surface area (Å²) in [5, 5.41) is 3.47. The van der Waals surface area contributed by atoms with E-state index in [1.54, 1.807) is 18.2 Å². The summed E-state index contributed by atoms with van der Waals surface area (Å²) < 4.78 is 40.9. The summed E-state index contributed by atoms with van der Waals surface area (Å²) in [4.78, 5) is 29.0. The van der Waals surface area contributed by atoms with Crippen LogP contribution in [0.5, 0.6) is 0 Å². The standard InChI is InChI=1S/C29H32Cl2FN3O4S/c1-29(2,3)33-28(37)26(17-20-11-6-5-7-12-20)34(18-21-22(30)13-10-14-23(21)31)27(36)19-35(40(4,38)39)25-16-9-8-15-24(25)32/h5-16,26H,17-19H2,1-4H3,(H,33,37)/t26-/m1/s1. The number of anilines is 1. The second-order valence-corrected chi connectivity index (χ2v) is 13.1. The Balaban J connectivity index is 2.13. The normalized spacial score (nSPS) is 12.5. The average molecular weight is 609 g/mol. The van der Waals surface area contributed by atoms with Crippen LogP contribution in [0.2, 0.25) is 10.0 Å². The van der Waals surface area contributed by atoms with Crippen LogP contribution in [0.1, 0.15) is 31.9 Å². The fourth-order valence-electron chi connectivity index (χ4n) is 4.11. The second-order valence-electron chi connectivity index (χ2n) is 10.4. The van der Waals surface area contributed by atoms with Gasteiger partial charge in [-0.3, -0.25) is 13.9 Å². The highest BCUT2D eigenvalue weighted by Crippen LogP contribution is 2.28. The predicted molar refractivity (Wildman–Crippen MR) is 157 cm³/mol. The summed E-state index contributed by atoms with van der Waals surface area (Å²) >= 11 is 12.9. The zero-order valence-electron chi connectivity index (χ0n) is 22.7. The molecule has 0 aliphatic carbocycles. The first-order valence-electron chi connectivity index (χ1n) is 12.5. The maximum absolute atomic E-state index is 14.7. The van der Waals surface area contributed by atoms with Crippen molar-refractivity contribution < 1.29 is 22.4 Å². The number of halogens is 3. The molecule has 0 radical (unpaired) electrons. The van der Waals surface area contributed by atoms with Gasteiger partial charge in [0.25, 0.3) is 0 Å². The first-order valence-corrected chi connectivity index (χ1v) is 15.1. The molecular weight excluding hydrogens is 576 g/mol. The summed E-state index contributed by atoms with van der Waals surface area (Å²) in [6, 6.07) is 18.2. The Bertz CT molecular complexity index is 1440. The molecule has 0 saturated carbocycles. The average Bonchev–Trinajstić information content (AvgIpc) is 2.85. The molecule has 0 spiro atoms. The molecule has 0 aromatic heterocycles. The Hall–Kier alpha value is -3.14. The van der Waals surface area contributed by atoms with Gasteiger partial charge in [0.05, 0.1) is 11.9 Å². The molecule has 11 heteroatoms. The summed E-state index contributed by atoms with van der Waals surface area (Å²) in [5.41, 5.74) is 0.244. The molecular formula is C29H32Cl2FN3O4S. The first-order chi connectivity index (χ1) is 18.7. The number of nitrogens with zero attached hydrogens (tertiary/aromatic N) is 2. The monoisotopic (exact) mass is 607 g/mol. The first kappa shape index (κ1) is 31.4. The van der Waals surface area contributed by atoms with Crippen LogP contribution >= 0.6 is 23.2 Å². The van der Waals surface area contributed by atoms with Crippen molar-refractivity contribution in [2.45, 2.75) is 45.3 Å². The molecule has 0 aliphatic rings. The van der Waals surface area contributed by atoms with E-state index in [2.05, 4.69) is 5.32 Å². The van der Waals surface area contributed by atoms with Gasteiger partial charge in [0.15, 0.2) is 0 Å².